The molecule has 2 rings (SSSR count). The summed E-state index contributed by atoms with van der Waals surface area (Å²) in [4.78, 5) is 6.80. The normalized spacial score (nSPS) is 13.0. The van der Waals surface area contributed by atoms with Gasteiger partial charge in [0.05, 0.1) is 10.6 Å². The maximum atomic E-state index is 5.45. The summed E-state index contributed by atoms with van der Waals surface area (Å²) in [7, 11) is 1.91. The Hall–Kier alpha value is -1.13. The molecule has 0 aliphatic rings. The van der Waals surface area contributed by atoms with Crippen molar-refractivity contribution in [2.75, 3.05) is 7.05 Å². The van der Waals surface area contributed by atoms with Crippen molar-refractivity contribution in [3.8, 4) is 10.8 Å². The molecular formula is C11H14N2OS. The van der Waals surface area contributed by atoms with E-state index in [4.69, 9.17) is 4.42 Å². The van der Waals surface area contributed by atoms with Crippen molar-refractivity contribution in [2.45, 2.75) is 19.9 Å². The van der Waals surface area contributed by atoms with E-state index in [0.717, 1.165) is 10.6 Å². The summed E-state index contributed by atoms with van der Waals surface area (Å²) in [6, 6.07) is 4.34. The van der Waals surface area contributed by atoms with Crippen molar-refractivity contribution in [1.29, 1.82) is 0 Å². The lowest BCUT2D eigenvalue weighted by atomic mass is 10.3. The Bertz CT molecular complexity index is 447. The van der Waals surface area contributed by atoms with E-state index in [0.29, 0.717) is 5.89 Å². The van der Waals surface area contributed by atoms with Gasteiger partial charge in [-0.25, -0.2) is 4.98 Å². The van der Waals surface area contributed by atoms with E-state index in [1.165, 1.54) is 4.88 Å². The van der Waals surface area contributed by atoms with Gasteiger partial charge in [0.15, 0.2) is 0 Å². The van der Waals surface area contributed by atoms with Gasteiger partial charge in [0, 0.05) is 10.9 Å². The van der Waals surface area contributed by atoms with Crippen LogP contribution in [0.4, 0.5) is 0 Å². The van der Waals surface area contributed by atoms with Crippen molar-refractivity contribution < 1.29 is 4.42 Å². The van der Waals surface area contributed by atoms with Crippen molar-refractivity contribution in [3.63, 3.8) is 0 Å². The van der Waals surface area contributed by atoms with Gasteiger partial charge < -0.3 is 9.73 Å². The third-order valence-corrected chi connectivity index (χ3v) is 3.34. The first-order chi connectivity index (χ1) is 7.20. The number of hydrogen-bond acceptors (Lipinski definition) is 4. The fourth-order valence-corrected chi connectivity index (χ4v) is 2.10. The van der Waals surface area contributed by atoms with Gasteiger partial charge in [-0.3, -0.25) is 0 Å². The summed E-state index contributed by atoms with van der Waals surface area (Å²) in [5, 5.41) is 3.13. The molecule has 0 fully saturated rings. The molecule has 0 aliphatic heterocycles. The topological polar surface area (TPSA) is 38.1 Å². The fourth-order valence-electron chi connectivity index (χ4n) is 1.30. The lowest BCUT2D eigenvalue weighted by Gasteiger charge is -2.03. The molecule has 0 saturated carbocycles. The molecule has 2 aromatic rings. The van der Waals surface area contributed by atoms with Crippen LogP contribution >= 0.6 is 11.3 Å². The number of nitrogens with one attached hydrogen (secondary N) is 1. The van der Waals surface area contributed by atoms with Crippen molar-refractivity contribution >= 4 is 11.3 Å². The van der Waals surface area contributed by atoms with E-state index < -0.39 is 0 Å². The number of rotatable bonds is 3. The van der Waals surface area contributed by atoms with Gasteiger partial charge in [0.25, 0.3) is 0 Å². The molecule has 0 aromatic carbocycles. The molecule has 0 amide bonds. The Morgan fingerprint density at radius 3 is 2.87 bits per heavy atom. The Morgan fingerprint density at radius 1 is 1.47 bits per heavy atom. The summed E-state index contributed by atoms with van der Waals surface area (Å²) < 4.78 is 5.45. The zero-order valence-corrected chi connectivity index (χ0v) is 9.89. The van der Waals surface area contributed by atoms with Crippen LogP contribution < -0.4 is 5.32 Å². The first-order valence-electron chi connectivity index (χ1n) is 4.90. The Labute approximate surface area is 93.2 Å². The van der Waals surface area contributed by atoms with Crippen molar-refractivity contribution in [1.82, 2.24) is 10.3 Å². The third-order valence-electron chi connectivity index (χ3n) is 2.35. The molecule has 1 N–H and O–H groups in total. The molecule has 1 unspecified atom stereocenters. The lowest BCUT2D eigenvalue weighted by Crippen LogP contribution is -2.12. The van der Waals surface area contributed by atoms with Crippen LogP contribution in [-0.4, -0.2) is 12.0 Å². The van der Waals surface area contributed by atoms with Crippen LogP contribution in [0, 0.1) is 6.92 Å². The zero-order valence-electron chi connectivity index (χ0n) is 9.07. The average molecular weight is 222 g/mol. The smallest absolute Gasteiger partial charge is 0.236 e. The standard InChI is InChI=1S/C11H14N2OS/c1-7-4-5-10(15-7)11-13-9(6-14-11)8(2)12-3/h4-6,8,12H,1-3H3. The quantitative estimate of drug-likeness (QED) is 0.867. The minimum atomic E-state index is 0.226. The molecule has 0 radical (unpaired) electrons. The molecule has 2 aromatic heterocycles. The highest BCUT2D eigenvalue weighted by Crippen LogP contribution is 2.27. The van der Waals surface area contributed by atoms with Gasteiger partial charge in [-0.05, 0) is 33.0 Å². The molecule has 4 heteroatoms. The highest BCUT2D eigenvalue weighted by molar-refractivity contribution is 7.15. The second kappa shape index (κ2) is 4.16. The van der Waals surface area contributed by atoms with Crippen LogP contribution in [0.25, 0.3) is 10.8 Å². The van der Waals surface area contributed by atoms with Crippen LogP contribution in [0.2, 0.25) is 0 Å². The van der Waals surface area contributed by atoms with Crippen LogP contribution in [0.3, 0.4) is 0 Å². The van der Waals surface area contributed by atoms with Crippen LogP contribution in [0.15, 0.2) is 22.8 Å². The molecule has 1 atom stereocenters. The summed E-state index contributed by atoms with van der Waals surface area (Å²) >= 11 is 1.70. The minimum Gasteiger partial charge on any atom is -0.443 e. The Balaban J connectivity index is 2.27. The molecule has 3 nitrogen and oxygen atoms in total. The first-order valence-corrected chi connectivity index (χ1v) is 5.72. The van der Waals surface area contributed by atoms with E-state index in [9.17, 15) is 0 Å². The fraction of sp³-hybridized carbons (Fsp3) is 0.364. The monoisotopic (exact) mass is 222 g/mol. The first kappa shape index (κ1) is 10.4. The van der Waals surface area contributed by atoms with Gasteiger partial charge >= 0.3 is 0 Å². The molecule has 0 spiro atoms. The lowest BCUT2D eigenvalue weighted by molar-refractivity contribution is 0.565. The summed E-state index contributed by atoms with van der Waals surface area (Å²) in [5.41, 5.74) is 0.943. The number of hydrogen-bond donors (Lipinski definition) is 1. The highest BCUT2D eigenvalue weighted by Gasteiger charge is 2.11. The molecule has 80 valence electrons. The van der Waals surface area contributed by atoms with Crippen LogP contribution in [0.5, 0.6) is 0 Å². The van der Waals surface area contributed by atoms with E-state index in [-0.39, 0.29) is 6.04 Å². The van der Waals surface area contributed by atoms with Gasteiger partial charge in [-0.15, -0.1) is 11.3 Å². The number of aryl methyl sites for hydroxylation is 1. The molecular weight excluding hydrogens is 208 g/mol. The highest BCUT2D eigenvalue weighted by atomic mass is 32.1. The van der Waals surface area contributed by atoms with Crippen LogP contribution in [-0.2, 0) is 0 Å². The van der Waals surface area contributed by atoms with Gasteiger partial charge in [-0.1, -0.05) is 0 Å². The third kappa shape index (κ3) is 2.11. The largest absolute Gasteiger partial charge is 0.443 e. The van der Waals surface area contributed by atoms with Gasteiger partial charge in [-0.2, -0.15) is 0 Å². The molecule has 2 heterocycles. The second-order valence-corrected chi connectivity index (χ2v) is 4.79. The second-order valence-electron chi connectivity index (χ2n) is 3.50. The maximum Gasteiger partial charge on any atom is 0.236 e. The predicted octanol–water partition coefficient (Wildman–Crippen LogP) is 2.99. The maximum absolute atomic E-state index is 5.45. The number of thiophene rings is 1. The summed E-state index contributed by atoms with van der Waals surface area (Å²) in [6.07, 6.45) is 1.71. The van der Waals surface area contributed by atoms with Crippen molar-refractivity contribution in [3.05, 3.63) is 29.0 Å². The number of oxazole rings is 1. The van der Waals surface area contributed by atoms with E-state index in [2.05, 4.69) is 30.2 Å². The molecule has 0 saturated heterocycles. The van der Waals surface area contributed by atoms with E-state index in [1.54, 1.807) is 17.6 Å². The van der Waals surface area contributed by atoms with Crippen molar-refractivity contribution in [2.24, 2.45) is 0 Å². The van der Waals surface area contributed by atoms with Crippen LogP contribution in [0.1, 0.15) is 23.5 Å². The molecule has 0 bridgehead atoms. The Morgan fingerprint density at radius 2 is 2.27 bits per heavy atom. The van der Waals surface area contributed by atoms with Gasteiger partial charge in [0.1, 0.15) is 6.26 Å². The SMILES string of the molecule is CNC(C)c1coc(-c2ccc(C)s2)n1. The van der Waals surface area contributed by atoms with E-state index >= 15 is 0 Å². The summed E-state index contributed by atoms with van der Waals surface area (Å²) in [5.74, 6) is 0.713. The molecule has 0 aliphatic carbocycles. The minimum absolute atomic E-state index is 0.226. The average Bonchev–Trinajstić information content (AvgIpc) is 2.84. The van der Waals surface area contributed by atoms with E-state index in [1.807, 2.05) is 13.1 Å². The Kier molecular flexibility index (Phi) is 2.88. The zero-order chi connectivity index (χ0) is 10.8. The van der Waals surface area contributed by atoms with Gasteiger partial charge in [0.2, 0.25) is 5.89 Å². The molecule has 15 heavy (non-hydrogen) atoms. The summed E-state index contributed by atoms with van der Waals surface area (Å²) in [6.45, 7) is 4.13. The number of nitrogens with zero attached hydrogens (tertiary/aromatic N) is 1. The number of aromatic nitrogens is 1. The predicted molar refractivity (Wildman–Crippen MR) is 62.0 cm³/mol.